The number of esters is 1. The zero-order valence-corrected chi connectivity index (χ0v) is 18.8. The second kappa shape index (κ2) is 9.97. The third-order valence-corrected chi connectivity index (χ3v) is 6.97. The average Bonchev–Trinajstić information content (AvgIpc) is 2.76. The molecule has 1 unspecified atom stereocenters. The zero-order valence-electron chi connectivity index (χ0n) is 16.5. The summed E-state index contributed by atoms with van der Waals surface area (Å²) in [5, 5.41) is 3.00. The van der Waals surface area contributed by atoms with Gasteiger partial charge in [-0.05, 0) is 43.3 Å². The molecule has 1 aliphatic rings. The number of amides is 1. The fourth-order valence-electron chi connectivity index (χ4n) is 2.85. The van der Waals surface area contributed by atoms with Crippen molar-refractivity contribution in [3.8, 4) is 0 Å². The first-order chi connectivity index (χ1) is 14.7. The van der Waals surface area contributed by atoms with Gasteiger partial charge >= 0.3 is 5.97 Å². The molecular weight excluding hydrogens is 467 g/mol. The van der Waals surface area contributed by atoms with Crippen LogP contribution < -0.4 is 5.32 Å². The van der Waals surface area contributed by atoms with Crippen LogP contribution in [0, 0.1) is 0 Å². The van der Waals surface area contributed by atoms with Gasteiger partial charge in [-0.2, -0.15) is 4.31 Å². The molecule has 1 amide bonds. The highest BCUT2D eigenvalue weighted by atomic mass is 35.5. The summed E-state index contributed by atoms with van der Waals surface area (Å²) < 4.78 is 37.3. The Bertz CT molecular complexity index is 1090. The Kier molecular flexibility index (Phi) is 7.55. The van der Waals surface area contributed by atoms with Gasteiger partial charge in [0, 0.05) is 23.8 Å². The van der Waals surface area contributed by atoms with E-state index in [0.717, 1.165) is 0 Å². The lowest BCUT2D eigenvalue weighted by Crippen LogP contribution is -2.40. The molecule has 31 heavy (non-hydrogen) atoms. The van der Waals surface area contributed by atoms with Crippen LogP contribution in [-0.4, -0.2) is 57.0 Å². The SMILES string of the molecule is CC(OC(=O)c1cc(Cl)ccc1Cl)C(=O)Nc1cccc(S(=O)(=O)N2CCOCC2)c1. The Morgan fingerprint density at radius 2 is 1.84 bits per heavy atom. The van der Waals surface area contributed by atoms with E-state index < -0.39 is 28.0 Å². The van der Waals surface area contributed by atoms with Crippen LogP contribution in [0.3, 0.4) is 0 Å². The van der Waals surface area contributed by atoms with Gasteiger partial charge in [-0.1, -0.05) is 29.3 Å². The van der Waals surface area contributed by atoms with Crippen LogP contribution >= 0.6 is 23.2 Å². The Balaban J connectivity index is 1.68. The minimum absolute atomic E-state index is 0.0346. The molecule has 1 heterocycles. The van der Waals surface area contributed by atoms with Gasteiger partial charge in [-0.3, -0.25) is 4.79 Å². The molecule has 0 aliphatic carbocycles. The fourth-order valence-corrected chi connectivity index (χ4v) is 4.67. The second-order valence-corrected chi connectivity index (χ2v) is 9.49. The van der Waals surface area contributed by atoms with Gasteiger partial charge in [-0.25, -0.2) is 13.2 Å². The summed E-state index contributed by atoms with van der Waals surface area (Å²) in [4.78, 5) is 24.8. The predicted octanol–water partition coefficient (Wildman–Crippen LogP) is 3.20. The van der Waals surface area contributed by atoms with E-state index in [1.807, 2.05) is 0 Å². The molecule has 1 atom stereocenters. The Morgan fingerprint density at radius 3 is 2.55 bits per heavy atom. The first-order valence-corrected chi connectivity index (χ1v) is 11.5. The summed E-state index contributed by atoms with van der Waals surface area (Å²) in [5.74, 6) is -1.44. The molecule has 1 saturated heterocycles. The number of rotatable bonds is 6. The molecule has 3 rings (SSSR count). The molecule has 2 aromatic rings. The predicted molar refractivity (Wildman–Crippen MR) is 116 cm³/mol. The molecular formula is C20H20Cl2N2O6S. The Hall–Kier alpha value is -2.17. The van der Waals surface area contributed by atoms with Crippen LogP contribution in [0.15, 0.2) is 47.4 Å². The quantitative estimate of drug-likeness (QED) is 0.628. The first kappa shape index (κ1) is 23.5. The van der Waals surface area contributed by atoms with Crippen molar-refractivity contribution in [1.29, 1.82) is 0 Å². The number of nitrogens with one attached hydrogen (secondary N) is 1. The van der Waals surface area contributed by atoms with Gasteiger partial charge in [0.1, 0.15) is 0 Å². The molecule has 0 spiro atoms. The third kappa shape index (κ3) is 5.75. The van der Waals surface area contributed by atoms with Crippen molar-refractivity contribution < 1.29 is 27.5 Å². The molecule has 0 radical (unpaired) electrons. The number of morpholine rings is 1. The first-order valence-electron chi connectivity index (χ1n) is 9.33. The van der Waals surface area contributed by atoms with Crippen LogP contribution in [0.2, 0.25) is 10.0 Å². The maximum Gasteiger partial charge on any atom is 0.340 e. The second-order valence-electron chi connectivity index (χ2n) is 6.71. The average molecular weight is 487 g/mol. The van der Waals surface area contributed by atoms with Gasteiger partial charge in [-0.15, -0.1) is 0 Å². The summed E-state index contributed by atoms with van der Waals surface area (Å²) in [6, 6.07) is 10.2. The number of carbonyl (C=O) groups is 2. The third-order valence-electron chi connectivity index (χ3n) is 4.51. The molecule has 8 nitrogen and oxygen atoms in total. The standard InChI is InChI=1S/C20H20Cl2N2O6S/c1-13(30-20(26)17-11-14(21)5-6-18(17)22)19(25)23-15-3-2-4-16(12-15)31(27,28)24-7-9-29-10-8-24/h2-6,11-13H,7-10H2,1H3,(H,23,25). The number of benzene rings is 2. The Morgan fingerprint density at radius 1 is 1.13 bits per heavy atom. The molecule has 0 bridgehead atoms. The minimum Gasteiger partial charge on any atom is -0.449 e. The molecule has 0 aromatic heterocycles. The maximum atomic E-state index is 12.8. The lowest BCUT2D eigenvalue weighted by molar-refractivity contribution is -0.123. The lowest BCUT2D eigenvalue weighted by Gasteiger charge is -2.26. The maximum absolute atomic E-state index is 12.8. The van der Waals surface area contributed by atoms with E-state index in [9.17, 15) is 18.0 Å². The van der Waals surface area contributed by atoms with E-state index in [1.165, 1.54) is 47.6 Å². The molecule has 1 N–H and O–H groups in total. The molecule has 1 fully saturated rings. The lowest BCUT2D eigenvalue weighted by atomic mass is 10.2. The van der Waals surface area contributed by atoms with E-state index in [1.54, 1.807) is 6.07 Å². The van der Waals surface area contributed by atoms with Crippen molar-refractivity contribution in [2.45, 2.75) is 17.9 Å². The van der Waals surface area contributed by atoms with Crippen molar-refractivity contribution in [2.24, 2.45) is 0 Å². The molecule has 166 valence electrons. The van der Waals surface area contributed by atoms with E-state index in [-0.39, 0.29) is 34.3 Å². The number of ether oxygens (including phenoxy) is 2. The van der Waals surface area contributed by atoms with Crippen molar-refractivity contribution in [3.05, 3.63) is 58.1 Å². The Labute approximate surface area is 190 Å². The molecule has 0 saturated carbocycles. The number of hydrogen-bond donors (Lipinski definition) is 1. The molecule has 11 heteroatoms. The normalized spacial score (nSPS) is 15.8. The van der Waals surface area contributed by atoms with Gasteiger partial charge in [0.05, 0.1) is 28.7 Å². The van der Waals surface area contributed by atoms with Gasteiger partial charge in [0.15, 0.2) is 6.10 Å². The van der Waals surface area contributed by atoms with E-state index in [2.05, 4.69) is 5.32 Å². The summed E-state index contributed by atoms with van der Waals surface area (Å²) in [6.07, 6.45) is -1.16. The molecule has 1 aliphatic heterocycles. The van der Waals surface area contributed by atoms with Crippen LogP contribution in [0.1, 0.15) is 17.3 Å². The highest BCUT2D eigenvalue weighted by molar-refractivity contribution is 7.89. The number of anilines is 1. The van der Waals surface area contributed by atoms with Gasteiger partial charge in [0.2, 0.25) is 10.0 Å². The van der Waals surface area contributed by atoms with E-state index >= 15 is 0 Å². The van der Waals surface area contributed by atoms with Crippen molar-refractivity contribution in [1.82, 2.24) is 4.31 Å². The largest absolute Gasteiger partial charge is 0.449 e. The minimum atomic E-state index is -3.71. The number of nitrogens with zero attached hydrogens (tertiary/aromatic N) is 1. The monoisotopic (exact) mass is 486 g/mol. The fraction of sp³-hybridized carbons (Fsp3) is 0.300. The van der Waals surface area contributed by atoms with E-state index in [0.29, 0.717) is 18.2 Å². The van der Waals surface area contributed by atoms with Crippen LogP contribution in [0.4, 0.5) is 5.69 Å². The highest BCUT2D eigenvalue weighted by Crippen LogP contribution is 2.23. The summed E-state index contributed by atoms with van der Waals surface area (Å²) in [5.41, 5.74) is 0.287. The smallest absolute Gasteiger partial charge is 0.340 e. The summed E-state index contributed by atoms with van der Waals surface area (Å²) in [6.45, 7) is 2.57. The van der Waals surface area contributed by atoms with Gasteiger partial charge < -0.3 is 14.8 Å². The zero-order chi connectivity index (χ0) is 22.6. The van der Waals surface area contributed by atoms with Gasteiger partial charge in [0.25, 0.3) is 5.91 Å². The van der Waals surface area contributed by atoms with Crippen LogP contribution in [0.5, 0.6) is 0 Å². The number of hydrogen-bond acceptors (Lipinski definition) is 6. The van der Waals surface area contributed by atoms with Crippen molar-refractivity contribution >= 4 is 50.8 Å². The summed E-state index contributed by atoms with van der Waals surface area (Å²) in [7, 11) is -3.71. The van der Waals surface area contributed by atoms with Crippen LogP contribution in [0.25, 0.3) is 0 Å². The topological polar surface area (TPSA) is 102 Å². The highest BCUT2D eigenvalue weighted by Gasteiger charge is 2.27. The van der Waals surface area contributed by atoms with Crippen molar-refractivity contribution in [2.75, 3.05) is 31.6 Å². The number of sulfonamides is 1. The van der Waals surface area contributed by atoms with Crippen molar-refractivity contribution in [3.63, 3.8) is 0 Å². The number of halogens is 2. The van der Waals surface area contributed by atoms with Crippen LogP contribution in [-0.2, 0) is 24.3 Å². The number of carbonyl (C=O) groups excluding carboxylic acids is 2. The summed E-state index contributed by atoms with van der Waals surface area (Å²) >= 11 is 11.8. The van der Waals surface area contributed by atoms with E-state index in [4.69, 9.17) is 32.7 Å². The molecule has 2 aromatic carbocycles.